The number of nitrogens with zero attached hydrogens (tertiary/aromatic N) is 3. The number of aromatic nitrogens is 2. The van der Waals surface area contributed by atoms with Gasteiger partial charge in [0.15, 0.2) is 0 Å². The van der Waals surface area contributed by atoms with E-state index in [-0.39, 0.29) is 17.4 Å². The predicted molar refractivity (Wildman–Crippen MR) is 127 cm³/mol. The summed E-state index contributed by atoms with van der Waals surface area (Å²) in [6.07, 6.45) is 2.67. The van der Waals surface area contributed by atoms with E-state index in [2.05, 4.69) is 22.2 Å². The van der Waals surface area contributed by atoms with Gasteiger partial charge in [0, 0.05) is 30.7 Å². The van der Waals surface area contributed by atoms with Crippen LogP contribution in [0, 0.1) is 5.92 Å². The highest BCUT2D eigenvalue weighted by Crippen LogP contribution is 2.22. The molecule has 1 N–H and O–H groups in total. The second-order valence-electron chi connectivity index (χ2n) is 8.09. The van der Waals surface area contributed by atoms with Crippen LogP contribution in [0.25, 0.3) is 5.69 Å². The SMILES string of the molecule is CCc1ccc(-n2nc(N3CCCC(C(=O)NCc4ccc(Cl)cc4)C3)ccc2=O)cc1. The number of halogens is 1. The first kappa shape index (κ1) is 22.1. The van der Waals surface area contributed by atoms with Crippen LogP contribution in [0.3, 0.4) is 0 Å². The van der Waals surface area contributed by atoms with Crippen molar-refractivity contribution < 1.29 is 4.79 Å². The zero-order chi connectivity index (χ0) is 22.5. The molecular weight excluding hydrogens is 424 g/mol. The Morgan fingerprint density at radius 2 is 1.78 bits per heavy atom. The van der Waals surface area contributed by atoms with Gasteiger partial charge < -0.3 is 10.2 Å². The molecule has 7 heteroatoms. The number of aryl methyl sites for hydroxylation is 1. The van der Waals surface area contributed by atoms with Crippen molar-refractivity contribution in [3.05, 3.63) is 87.2 Å². The van der Waals surface area contributed by atoms with Crippen molar-refractivity contribution in [1.29, 1.82) is 0 Å². The molecule has 0 spiro atoms. The first-order valence-electron chi connectivity index (χ1n) is 11.0. The van der Waals surface area contributed by atoms with Crippen molar-refractivity contribution in [2.45, 2.75) is 32.7 Å². The van der Waals surface area contributed by atoms with Gasteiger partial charge in [-0.1, -0.05) is 42.8 Å². The number of carbonyl (C=O) groups excluding carboxylic acids is 1. The molecule has 0 saturated carbocycles. The molecule has 1 aromatic heterocycles. The smallest absolute Gasteiger partial charge is 0.271 e. The highest BCUT2D eigenvalue weighted by molar-refractivity contribution is 6.30. The third-order valence-electron chi connectivity index (χ3n) is 5.87. The van der Waals surface area contributed by atoms with Crippen LogP contribution in [-0.4, -0.2) is 28.8 Å². The average molecular weight is 451 g/mol. The molecule has 4 rings (SSSR count). The Bertz CT molecular complexity index is 1130. The van der Waals surface area contributed by atoms with Crippen molar-refractivity contribution in [2.24, 2.45) is 5.92 Å². The van der Waals surface area contributed by atoms with Crippen LogP contribution in [0.2, 0.25) is 5.02 Å². The van der Waals surface area contributed by atoms with E-state index in [1.165, 1.54) is 10.2 Å². The summed E-state index contributed by atoms with van der Waals surface area (Å²) in [6, 6.07) is 18.6. The van der Waals surface area contributed by atoms with Crippen molar-refractivity contribution in [2.75, 3.05) is 18.0 Å². The molecular formula is C25H27ClN4O2. The van der Waals surface area contributed by atoms with Gasteiger partial charge in [-0.3, -0.25) is 9.59 Å². The minimum atomic E-state index is -0.174. The molecule has 2 aromatic carbocycles. The fraction of sp³-hybridized carbons (Fsp3) is 0.320. The van der Waals surface area contributed by atoms with Gasteiger partial charge in [0.1, 0.15) is 5.82 Å². The number of nitrogens with one attached hydrogen (secondary N) is 1. The van der Waals surface area contributed by atoms with Gasteiger partial charge in [-0.05, 0) is 60.7 Å². The summed E-state index contributed by atoms with van der Waals surface area (Å²) >= 11 is 5.92. The molecule has 0 aliphatic carbocycles. The largest absolute Gasteiger partial charge is 0.354 e. The highest BCUT2D eigenvalue weighted by Gasteiger charge is 2.26. The molecule has 1 unspecified atom stereocenters. The zero-order valence-electron chi connectivity index (χ0n) is 18.1. The lowest BCUT2D eigenvalue weighted by molar-refractivity contribution is -0.125. The molecule has 32 heavy (non-hydrogen) atoms. The average Bonchev–Trinajstić information content (AvgIpc) is 2.84. The Hall–Kier alpha value is -3.12. The molecule has 1 saturated heterocycles. The fourth-order valence-electron chi connectivity index (χ4n) is 3.96. The molecule has 166 valence electrons. The van der Waals surface area contributed by atoms with Crippen LogP contribution >= 0.6 is 11.6 Å². The number of anilines is 1. The minimum absolute atomic E-state index is 0.0353. The zero-order valence-corrected chi connectivity index (χ0v) is 18.9. The van der Waals surface area contributed by atoms with Crippen molar-refractivity contribution in [3.63, 3.8) is 0 Å². The third kappa shape index (κ3) is 5.19. The Morgan fingerprint density at radius 1 is 1.06 bits per heavy atom. The number of benzene rings is 2. The van der Waals surface area contributed by atoms with E-state index in [0.717, 1.165) is 37.1 Å². The Balaban J connectivity index is 1.45. The molecule has 1 atom stereocenters. The number of hydrogen-bond donors (Lipinski definition) is 1. The van der Waals surface area contributed by atoms with Gasteiger partial charge in [-0.25, -0.2) is 0 Å². The molecule has 0 radical (unpaired) electrons. The van der Waals surface area contributed by atoms with Crippen LogP contribution in [-0.2, 0) is 17.8 Å². The van der Waals surface area contributed by atoms with Gasteiger partial charge >= 0.3 is 0 Å². The van der Waals surface area contributed by atoms with Gasteiger partial charge in [0.2, 0.25) is 5.91 Å². The quantitative estimate of drug-likeness (QED) is 0.616. The number of carbonyl (C=O) groups is 1. The highest BCUT2D eigenvalue weighted by atomic mass is 35.5. The number of amides is 1. The van der Waals surface area contributed by atoms with Crippen LogP contribution in [0.4, 0.5) is 5.82 Å². The van der Waals surface area contributed by atoms with E-state index in [0.29, 0.717) is 23.9 Å². The summed E-state index contributed by atoms with van der Waals surface area (Å²) in [5.41, 5.74) is 2.79. The van der Waals surface area contributed by atoms with Crippen LogP contribution in [0.15, 0.2) is 65.5 Å². The van der Waals surface area contributed by atoms with E-state index >= 15 is 0 Å². The Labute approximate surface area is 192 Å². The van der Waals surface area contributed by atoms with E-state index in [1.54, 1.807) is 12.1 Å². The topological polar surface area (TPSA) is 67.2 Å². The second-order valence-corrected chi connectivity index (χ2v) is 8.53. The molecule has 1 aliphatic heterocycles. The second kappa shape index (κ2) is 10.0. The first-order valence-corrected chi connectivity index (χ1v) is 11.4. The maximum atomic E-state index is 12.8. The summed E-state index contributed by atoms with van der Waals surface area (Å²) in [5.74, 6) is 0.620. The van der Waals surface area contributed by atoms with Gasteiger partial charge in [0.05, 0.1) is 11.6 Å². The molecule has 6 nitrogen and oxygen atoms in total. The Morgan fingerprint density at radius 3 is 2.50 bits per heavy atom. The first-order chi connectivity index (χ1) is 15.5. The molecule has 0 bridgehead atoms. The van der Waals surface area contributed by atoms with Crippen molar-refractivity contribution in [1.82, 2.24) is 15.1 Å². The van der Waals surface area contributed by atoms with E-state index < -0.39 is 0 Å². The number of rotatable bonds is 6. The maximum absolute atomic E-state index is 12.8. The number of piperidine rings is 1. The van der Waals surface area contributed by atoms with Crippen LogP contribution in [0.5, 0.6) is 0 Å². The molecule has 3 aromatic rings. The monoisotopic (exact) mass is 450 g/mol. The molecule has 1 aliphatic rings. The summed E-state index contributed by atoms with van der Waals surface area (Å²) in [7, 11) is 0. The summed E-state index contributed by atoms with van der Waals surface area (Å²) in [5, 5.41) is 8.31. The fourth-order valence-corrected chi connectivity index (χ4v) is 4.09. The normalized spacial score (nSPS) is 16.1. The van der Waals surface area contributed by atoms with E-state index in [9.17, 15) is 9.59 Å². The van der Waals surface area contributed by atoms with Gasteiger partial charge in [-0.2, -0.15) is 4.68 Å². The molecule has 1 fully saturated rings. The standard InChI is InChI=1S/C25H27ClN4O2/c1-2-18-7-11-22(12-8-18)30-24(31)14-13-23(28-30)29-15-3-4-20(17-29)25(32)27-16-19-5-9-21(26)10-6-19/h5-14,20H,2-4,15-17H2,1H3,(H,27,32). The van der Waals surface area contributed by atoms with Gasteiger partial charge in [0.25, 0.3) is 5.56 Å². The van der Waals surface area contributed by atoms with E-state index in [1.807, 2.05) is 48.5 Å². The van der Waals surface area contributed by atoms with Crippen LogP contribution < -0.4 is 15.8 Å². The van der Waals surface area contributed by atoms with Crippen molar-refractivity contribution in [3.8, 4) is 5.69 Å². The lowest BCUT2D eigenvalue weighted by Crippen LogP contribution is -2.43. The maximum Gasteiger partial charge on any atom is 0.271 e. The predicted octanol–water partition coefficient (Wildman–Crippen LogP) is 3.98. The molecule has 1 amide bonds. The molecule has 2 heterocycles. The van der Waals surface area contributed by atoms with Crippen molar-refractivity contribution >= 4 is 23.3 Å². The lowest BCUT2D eigenvalue weighted by Gasteiger charge is -2.33. The van der Waals surface area contributed by atoms with E-state index in [4.69, 9.17) is 11.6 Å². The minimum Gasteiger partial charge on any atom is -0.354 e. The summed E-state index contributed by atoms with van der Waals surface area (Å²) in [4.78, 5) is 27.3. The van der Waals surface area contributed by atoms with Crippen LogP contribution in [0.1, 0.15) is 30.9 Å². The summed E-state index contributed by atoms with van der Waals surface area (Å²) < 4.78 is 1.43. The van der Waals surface area contributed by atoms with Gasteiger partial charge in [-0.15, -0.1) is 5.10 Å². The number of hydrogen-bond acceptors (Lipinski definition) is 4. The summed E-state index contributed by atoms with van der Waals surface area (Å²) in [6.45, 7) is 3.95. The lowest BCUT2D eigenvalue weighted by atomic mass is 9.97. The Kier molecular flexibility index (Phi) is 6.90. The third-order valence-corrected chi connectivity index (χ3v) is 6.12.